The molecule has 0 aromatic carbocycles. The first-order valence-electron chi connectivity index (χ1n) is 7.55. The minimum Gasteiger partial charge on any atom is -0.367 e. The Balaban J connectivity index is 0.00000312. The van der Waals surface area contributed by atoms with Gasteiger partial charge in [-0.2, -0.15) is 0 Å². The van der Waals surface area contributed by atoms with Crippen molar-refractivity contribution in [3.05, 3.63) is 38.4 Å². The highest BCUT2D eigenvalue weighted by atomic mass is 127. The van der Waals surface area contributed by atoms with Crippen LogP contribution < -0.4 is 16.0 Å². The van der Waals surface area contributed by atoms with E-state index in [1.54, 1.807) is 30.6 Å². The lowest BCUT2D eigenvalue weighted by atomic mass is 10.4. The molecular formula is C15H21Cl2IN6S. The number of pyridine rings is 1. The van der Waals surface area contributed by atoms with Gasteiger partial charge in [0.2, 0.25) is 0 Å². The molecule has 2 rings (SSSR count). The molecule has 0 bridgehead atoms. The second-order valence-corrected chi connectivity index (χ2v) is 6.88. The summed E-state index contributed by atoms with van der Waals surface area (Å²) in [5.74, 6) is 1.33. The lowest BCUT2D eigenvalue weighted by Crippen LogP contribution is -2.39. The van der Waals surface area contributed by atoms with Crippen LogP contribution >= 0.6 is 58.5 Å². The largest absolute Gasteiger partial charge is 0.367 e. The molecule has 0 fully saturated rings. The predicted octanol–water partition coefficient (Wildman–Crippen LogP) is 3.80. The van der Waals surface area contributed by atoms with E-state index in [0.29, 0.717) is 35.5 Å². The van der Waals surface area contributed by atoms with E-state index in [2.05, 4.69) is 37.8 Å². The van der Waals surface area contributed by atoms with E-state index in [4.69, 9.17) is 23.2 Å². The fraction of sp³-hybridized carbons (Fsp3) is 0.400. The van der Waals surface area contributed by atoms with Crippen molar-refractivity contribution in [3.63, 3.8) is 0 Å². The fourth-order valence-corrected chi connectivity index (χ4v) is 3.13. The molecule has 0 aliphatic rings. The van der Waals surface area contributed by atoms with Gasteiger partial charge in [-0.05, 0) is 12.5 Å². The first kappa shape index (κ1) is 22.2. The van der Waals surface area contributed by atoms with E-state index < -0.39 is 0 Å². The maximum Gasteiger partial charge on any atom is 0.191 e. The molecule has 0 amide bonds. The minimum atomic E-state index is 0. The molecular weight excluding hydrogens is 494 g/mol. The summed E-state index contributed by atoms with van der Waals surface area (Å²) in [4.78, 5) is 14.0. The Morgan fingerprint density at radius 2 is 2.00 bits per heavy atom. The number of aliphatic imine (C=N–C) groups is 1. The number of thiazole rings is 1. The highest BCUT2D eigenvalue weighted by molar-refractivity contribution is 14.0. The number of nitrogens with zero attached hydrogens (tertiary/aromatic N) is 3. The van der Waals surface area contributed by atoms with Crippen LogP contribution in [0.3, 0.4) is 0 Å². The Hall–Kier alpha value is -0.840. The van der Waals surface area contributed by atoms with E-state index in [9.17, 15) is 0 Å². The number of nitrogens with one attached hydrogen (secondary N) is 3. The van der Waals surface area contributed by atoms with Crippen LogP contribution in [0.25, 0.3) is 0 Å². The van der Waals surface area contributed by atoms with Crippen molar-refractivity contribution in [3.8, 4) is 0 Å². The lowest BCUT2D eigenvalue weighted by Gasteiger charge is -2.12. The van der Waals surface area contributed by atoms with Gasteiger partial charge in [0.25, 0.3) is 0 Å². The van der Waals surface area contributed by atoms with Gasteiger partial charge in [-0.1, -0.05) is 30.1 Å². The Kier molecular flexibility index (Phi) is 10.4. The monoisotopic (exact) mass is 514 g/mol. The van der Waals surface area contributed by atoms with Gasteiger partial charge >= 0.3 is 0 Å². The molecule has 138 valence electrons. The van der Waals surface area contributed by atoms with E-state index in [1.165, 1.54) is 4.88 Å². The van der Waals surface area contributed by atoms with E-state index in [-0.39, 0.29) is 24.0 Å². The summed E-state index contributed by atoms with van der Waals surface area (Å²) in [6, 6.07) is 1.66. The van der Waals surface area contributed by atoms with Crippen molar-refractivity contribution >= 4 is 70.3 Å². The number of rotatable bonds is 7. The molecule has 3 N–H and O–H groups in total. The number of halogens is 3. The van der Waals surface area contributed by atoms with Crippen molar-refractivity contribution in [2.24, 2.45) is 4.99 Å². The molecule has 25 heavy (non-hydrogen) atoms. The molecule has 0 atom stereocenters. The van der Waals surface area contributed by atoms with Crippen LogP contribution in [-0.2, 0) is 13.0 Å². The van der Waals surface area contributed by atoms with E-state index >= 15 is 0 Å². The molecule has 0 saturated carbocycles. The summed E-state index contributed by atoms with van der Waals surface area (Å²) in [6.07, 6.45) is 4.49. The third-order valence-corrected chi connectivity index (χ3v) is 4.73. The number of anilines is 1. The lowest BCUT2D eigenvalue weighted by molar-refractivity contribution is 0.807. The third-order valence-electron chi connectivity index (χ3n) is 3.10. The quantitative estimate of drug-likeness (QED) is 0.227. The summed E-state index contributed by atoms with van der Waals surface area (Å²) >= 11 is 13.6. The van der Waals surface area contributed by atoms with Crippen molar-refractivity contribution < 1.29 is 0 Å². The normalized spacial score (nSPS) is 11.0. The van der Waals surface area contributed by atoms with Gasteiger partial charge in [-0.15, -0.1) is 35.3 Å². The number of aryl methyl sites for hydroxylation is 1. The average Bonchev–Trinajstić information content (AvgIpc) is 3.04. The minimum absolute atomic E-state index is 0. The van der Waals surface area contributed by atoms with Crippen LogP contribution in [0.1, 0.15) is 16.8 Å². The molecule has 2 aromatic rings. The summed E-state index contributed by atoms with van der Waals surface area (Å²) in [7, 11) is 1.74. The Morgan fingerprint density at radius 3 is 2.64 bits per heavy atom. The Bertz CT molecular complexity index is 694. The molecule has 2 aromatic heterocycles. The van der Waals surface area contributed by atoms with Gasteiger partial charge in [0.1, 0.15) is 10.8 Å². The second-order valence-electron chi connectivity index (χ2n) is 4.84. The van der Waals surface area contributed by atoms with Gasteiger partial charge in [-0.25, -0.2) is 9.97 Å². The third kappa shape index (κ3) is 7.51. The van der Waals surface area contributed by atoms with Crippen LogP contribution in [-0.4, -0.2) is 36.1 Å². The molecule has 2 heterocycles. The molecule has 0 radical (unpaired) electrons. The molecule has 6 nitrogen and oxygen atoms in total. The number of hydrogen-bond donors (Lipinski definition) is 3. The molecule has 0 aliphatic carbocycles. The topological polar surface area (TPSA) is 74.2 Å². The maximum absolute atomic E-state index is 6.06. The number of aromatic nitrogens is 2. The van der Waals surface area contributed by atoms with Crippen LogP contribution in [0, 0.1) is 0 Å². The Morgan fingerprint density at radius 1 is 1.20 bits per heavy atom. The molecule has 0 spiro atoms. The zero-order chi connectivity index (χ0) is 17.4. The zero-order valence-electron chi connectivity index (χ0n) is 14.0. The second kappa shape index (κ2) is 11.7. The zero-order valence-corrected chi connectivity index (χ0v) is 18.6. The molecule has 0 saturated heterocycles. The first-order chi connectivity index (χ1) is 11.6. The number of hydrogen-bond acceptors (Lipinski definition) is 5. The van der Waals surface area contributed by atoms with Crippen LogP contribution in [0.2, 0.25) is 10.0 Å². The summed E-state index contributed by atoms with van der Waals surface area (Å²) in [5, 5.41) is 11.7. The van der Waals surface area contributed by atoms with Crippen molar-refractivity contribution in [1.82, 2.24) is 20.6 Å². The van der Waals surface area contributed by atoms with Crippen LogP contribution in [0.4, 0.5) is 5.82 Å². The highest BCUT2D eigenvalue weighted by Gasteiger charge is 2.04. The first-order valence-corrected chi connectivity index (χ1v) is 9.12. The fourth-order valence-electron chi connectivity index (χ4n) is 1.88. The van der Waals surface area contributed by atoms with Gasteiger partial charge in [0, 0.05) is 37.4 Å². The SMILES string of the molecule is CCc1cnc(CNC(=NC)NCCNc2ncc(Cl)cc2Cl)s1.I. The van der Waals surface area contributed by atoms with E-state index in [0.717, 1.165) is 17.4 Å². The van der Waals surface area contributed by atoms with Crippen molar-refractivity contribution in [2.45, 2.75) is 19.9 Å². The van der Waals surface area contributed by atoms with Gasteiger partial charge in [0.15, 0.2) is 5.96 Å². The van der Waals surface area contributed by atoms with Crippen molar-refractivity contribution in [1.29, 1.82) is 0 Å². The summed E-state index contributed by atoms with van der Waals surface area (Å²) < 4.78 is 0. The van der Waals surface area contributed by atoms with E-state index in [1.807, 2.05) is 6.20 Å². The summed E-state index contributed by atoms with van der Waals surface area (Å²) in [6.45, 7) is 4.09. The van der Waals surface area contributed by atoms with Gasteiger partial charge in [0.05, 0.1) is 16.6 Å². The maximum atomic E-state index is 6.06. The summed E-state index contributed by atoms with van der Waals surface area (Å²) in [5.41, 5.74) is 0. The van der Waals surface area contributed by atoms with Crippen LogP contribution in [0.5, 0.6) is 0 Å². The van der Waals surface area contributed by atoms with Crippen LogP contribution in [0.15, 0.2) is 23.5 Å². The molecule has 0 unspecified atom stereocenters. The average molecular weight is 515 g/mol. The van der Waals surface area contributed by atoms with Crippen molar-refractivity contribution in [2.75, 3.05) is 25.5 Å². The van der Waals surface area contributed by atoms with Gasteiger partial charge in [-0.3, -0.25) is 4.99 Å². The molecule has 0 aliphatic heterocycles. The molecule has 10 heteroatoms. The predicted molar refractivity (Wildman–Crippen MR) is 118 cm³/mol. The smallest absolute Gasteiger partial charge is 0.191 e. The standard InChI is InChI=1S/C15H20Cl2N6S.HI/c1-3-11-8-21-13(24-11)9-23-15(18-2)20-5-4-19-14-12(17)6-10(16)7-22-14;/h6-8H,3-5,9H2,1-2H3,(H,19,22)(H2,18,20,23);1H. The highest BCUT2D eigenvalue weighted by Crippen LogP contribution is 2.21. The Labute approximate surface area is 178 Å². The number of guanidine groups is 1. The van der Waals surface area contributed by atoms with Gasteiger partial charge < -0.3 is 16.0 Å².